The van der Waals surface area contributed by atoms with E-state index >= 15 is 0 Å². The van der Waals surface area contributed by atoms with Gasteiger partial charge in [0.05, 0.1) is 6.42 Å². The van der Waals surface area contributed by atoms with Crippen molar-refractivity contribution in [2.24, 2.45) is 0 Å². The van der Waals surface area contributed by atoms with Gasteiger partial charge in [-0.3, -0.25) is 4.79 Å². The molecule has 100 valence electrons. The van der Waals surface area contributed by atoms with Crippen molar-refractivity contribution in [3.63, 3.8) is 0 Å². The topological polar surface area (TPSA) is 40.5 Å². The molecule has 1 unspecified atom stereocenters. The molecule has 0 aliphatic heterocycles. The van der Waals surface area contributed by atoms with Crippen LogP contribution in [0.5, 0.6) is 0 Å². The third-order valence-corrected chi connectivity index (χ3v) is 3.86. The van der Waals surface area contributed by atoms with E-state index in [0.29, 0.717) is 12.6 Å². The van der Waals surface area contributed by atoms with E-state index in [2.05, 4.69) is 42.3 Å². The first-order valence-corrected chi connectivity index (χ1v) is 7.30. The highest BCUT2D eigenvalue weighted by atomic mass is 32.2. The van der Waals surface area contributed by atoms with Gasteiger partial charge in [0.15, 0.2) is 0 Å². The number of rotatable bonds is 7. The normalized spacial score (nSPS) is 12.7. The second-order valence-corrected chi connectivity index (χ2v) is 5.41. The molecule has 0 bridgehead atoms. The molecule has 0 spiro atoms. The maximum Gasteiger partial charge on any atom is 0.304 e. The average molecular weight is 267 g/mol. The van der Waals surface area contributed by atoms with Crippen molar-refractivity contribution in [1.82, 2.24) is 4.90 Å². The van der Waals surface area contributed by atoms with E-state index in [4.69, 9.17) is 5.11 Å². The van der Waals surface area contributed by atoms with Crippen LogP contribution in [0.4, 0.5) is 0 Å². The van der Waals surface area contributed by atoms with Gasteiger partial charge in [0.25, 0.3) is 0 Å². The molecule has 1 aromatic rings. The highest BCUT2D eigenvalue weighted by molar-refractivity contribution is 7.98. The Kier molecular flexibility index (Phi) is 6.22. The second kappa shape index (κ2) is 7.44. The van der Waals surface area contributed by atoms with Crippen LogP contribution in [0.15, 0.2) is 29.2 Å². The van der Waals surface area contributed by atoms with Crippen molar-refractivity contribution < 1.29 is 9.90 Å². The summed E-state index contributed by atoms with van der Waals surface area (Å²) in [5.41, 5.74) is 1.29. The fourth-order valence-electron chi connectivity index (χ4n) is 1.75. The van der Waals surface area contributed by atoms with Crippen LogP contribution in [0.3, 0.4) is 0 Å². The molecule has 3 nitrogen and oxygen atoms in total. The molecule has 0 aliphatic carbocycles. The lowest BCUT2D eigenvalue weighted by Crippen LogP contribution is -2.32. The number of carboxylic acid groups (broad SMARTS) is 1. The maximum absolute atomic E-state index is 10.5. The zero-order valence-electron chi connectivity index (χ0n) is 11.2. The molecule has 1 rings (SSSR count). The van der Waals surface area contributed by atoms with Gasteiger partial charge >= 0.3 is 5.97 Å². The maximum atomic E-state index is 10.5. The van der Waals surface area contributed by atoms with Gasteiger partial charge in [-0.25, -0.2) is 0 Å². The molecule has 4 heteroatoms. The molecule has 0 heterocycles. The largest absolute Gasteiger partial charge is 0.481 e. The van der Waals surface area contributed by atoms with Crippen molar-refractivity contribution in [3.05, 3.63) is 29.8 Å². The third kappa shape index (κ3) is 5.10. The Bertz CT molecular complexity index is 378. The number of carbonyl (C=O) groups is 1. The first-order chi connectivity index (χ1) is 8.52. The highest BCUT2D eigenvalue weighted by Gasteiger charge is 2.11. The van der Waals surface area contributed by atoms with Gasteiger partial charge < -0.3 is 10.0 Å². The Balaban J connectivity index is 2.47. The highest BCUT2D eigenvalue weighted by Crippen LogP contribution is 2.16. The Hall–Kier alpha value is -1.00. The lowest BCUT2D eigenvalue weighted by Gasteiger charge is -2.24. The minimum absolute atomic E-state index is 0.201. The van der Waals surface area contributed by atoms with E-state index < -0.39 is 5.97 Å². The van der Waals surface area contributed by atoms with Gasteiger partial charge in [0, 0.05) is 17.5 Å². The van der Waals surface area contributed by atoms with Crippen LogP contribution in [0.1, 0.15) is 18.9 Å². The van der Waals surface area contributed by atoms with E-state index in [1.807, 2.05) is 7.05 Å². The quantitative estimate of drug-likeness (QED) is 0.771. The summed E-state index contributed by atoms with van der Waals surface area (Å²) in [6, 6.07) is 8.90. The summed E-state index contributed by atoms with van der Waals surface area (Å²) in [4.78, 5) is 13.9. The summed E-state index contributed by atoms with van der Waals surface area (Å²) in [7, 11) is 1.98. The molecule has 1 atom stereocenters. The summed E-state index contributed by atoms with van der Waals surface area (Å²) >= 11 is 1.74. The molecule has 0 saturated heterocycles. The summed E-state index contributed by atoms with van der Waals surface area (Å²) in [6.45, 7) is 2.73. The number of aliphatic carboxylic acids is 1. The van der Waals surface area contributed by atoms with Crippen LogP contribution in [0.2, 0.25) is 0 Å². The van der Waals surface area contributed by atoms with Crippen LogP contribution in [0.25, 0.3) is 0 Å². The Labute approximate surface area is 113 Å². The molecule has 1 N–H and O–H groups in total. The van der Waals surface area contributed by atoms with Crippen molar-refractivity contribution in [2.75, 3.05) is 19.8 Å². The molecule has 0 fully saturated rings. The number of thioether (sulfide) groups is 1. The molecule has 18 heavy (non-hydrogen) atoms. The van der Waals surface area contributed by atoms with Crippen LogP contribution in [-0.2, 0) is 11.2 Å². The van der Waals surface area contributed by atoms with E-state index in [0.717, 1.165) is 6.42 Å². The summed E-state index contributed by atoms with van der Waals surface area (Å²) in [5, 5.41) is 8.66. The molecule has 0 aromatic heterocycles. The Morgan fingerprint density at radius 3 is 2.50 bits per heavy atom. The molecular weight excluding hydrogens is 246 g/mol. The van der Waals surface area contributed by atoms with Crippen LogP contribution in [0, 0.1) is 0 Å². The SMILES string of the molecule is CSc1ccc(CC(C)N(C)CCC(=O)O)cc1. The summed E-state index contributed by atoms with van der Waals surface area (Å²) < 4.78 is 0. The van der Waals surface area contributed by atoms with E-state index in [1.165, 1.54) is 10.5 Å². The molecular formula is C14H21NO2S. The lowest BCUT2D eigenvalue weighted by molar-refractivity contribution is -0.137. The molecule has 0 aliphatic rings. The van der Waals surface area contributed by atoms with Crippen molar-refractivity contribution >= 4 is 17.7 Å². The van der Waals surface area contributed by atoms with E-state index in [1.54, 1.807) is 11.8 Å². The summed E-state index contributed by atoms with van der Waals surface area (Å²) in [5.74, 6) is -0.738. The van der Waals surface area contributed by atoms with E-state index in [-0.39, 0.29) is 6.42 Å². The fraction of sp³-hybridized carbons (Fsp3) is 0.500. The van der Waals surface area contributed by atoms with Gasteiger partial charge in [-0.1, -0.05) is 12.1 Å². The zero-order chi connectivity index (χ0) is 13.5. The first-order valence-electron chi connectivity index (χ1n) is 6.08. The lowest BCUT2D eigenvalue weighted by atomic mass is 10.1. The average Bonchev–Trinajstić information content (AvgIpc) is 2.36. The van der Waals surface area contributed by atoms with Gasteiger partial charge in [0.2, 0.25) is 0 Å². The molecule has 0 saturated carbocycles. The smallest absolute Gasteiger partial charge is 0.304 e. The van der Waals surface area contributed by atoms with Crippen LogP contribution in [-0.4, -0.2) is 41.9 Å². The van der Waals surface area contributed by atoms with Crippen LogP contribution >= 0.6 is 11.8 Å². The monoisotopic (exact) mass is 267 g/mol. The zero-order valence-corrected chi connectivity index (χ0v) is 12.0. The van der Waals surface area contributed by atoms with Gasteiger partial charge in [-0.2, -0.15) is 0 Å². The molecule has 1 aromatic carbocycles. The second-order valence-electron chi connectivity index (χ2n) is 4.53. The number of nitrogens with zero attached hydrogens (tertiary/aromatic N) is 1. The number of hydrogen-bond acceptors (Lipinski definition) is 3. The van der Waals surface area contributed by atoms with Gasteiger partial charge in [-0.05, 0) is 44.3 Å². The number of benzene rings is 1. The number of carboxylic acids is 1. The minimum Gasteiger partial charge on any atom is -0.481 e. The Morgan fingerprint density at radius 2 is 2.00 bits per heavy atom. The first kappa shape index (κ1) is 15.1. The van der Waals surface area contributed by atoms with Gasteiger partial charge in [0.1, 0.15) is 0 Å². The fourth-order valence-corrected chi connectivity index (χ4v) is 2.16. The minimum atomic E-state index is -0.738. The van der Waals surface area contributed by atoms with Crippen molar-refractivity contribution in [2.45, 2.75) is 30.7 Å². The summed E-state index contributed by atoms with van der Waals surface area (Å²) in [6.07, 6.45) is 3.22. The predicted octanol–water partition coefficient (Wildman–Crippen LogP) is 2.75. The van der Waals surface area contributed by atoms with Crippen molar-refractivity contribution in [3.8, 4) is 0 Å². The van der Waals surface area contributed by atoms with Gasteiger partial charge in [-0.15, -0.1) is 11.8 Å². The Morgan fingerprint density at radius 1 is 1.39 bits per heavy atom. The number of likely N-dealkylation sites (N-methyl/N-ethyl adjacent to an activating group) is 1. The van der Waals surface area contributed by atoms with Crippen LogP contribution < -0.4 is 0 Å². The molecule has 0 radical (unpaired) electrons. The third-order valence-electron chi connectivity index (χ3n) is 3.12. The number of hydrogen-bond donors (Lipinski definition) is 1. The predicted molar refractivity (Wildman–Crippen MR) is 76.3 cm³/mol. The molecule has 0 amide bonds. The van der Waals surface area contributed by atoms with Crippen molar-refractivity contribution in [1.29, 1.82) is 0 Å². The van der Waals surface area contributed by atoms with E-state index in [9.17, 15) is 4.79 Å². The standard InChI is InChI=1S/C14H21NO2S/c1-11(15(2)9-8-14(16)17)10-12-4-6-13(18-3)7-5-12/h4-7,11H,8-10H2,1-3H3,(H,16,17).